The number of carboxylic acids is 1. The minimum absolute atomic E-state index is 0. The number of allylic oxidation sites excluding steroid dienone is 1. The topological polar surface area (TPSA) is 74.5 Å². The number of hydrogen-bond donors (Lipinski definition) is 3. The lowest BCUT2D eigenvalue weighted by molar-refractivity contribution is 0.0698. The van der Waals surface area contributed by atoms with E-state index in [-0.39, 0.29) is 25.1 Å². The highest BCUT2D eigenvalue weighted by atomic mass is 35.5. The number of aliphatic hydroxyl groups is 1. The lowest BCUT2D eigenvalue weighted by Crippen LogP contribution is -2.43. The molecule has 1 aliphatic heterocycles. The Balaban J connectivity index is 0.00000208. The van der Waals surface area contributed by atoms with E-state index in [4.69, 9.17) is 11.6 Å². The molecule has 0 amide bonds. The van der Waals surface area contributed by atoms with Crippen molar-refractivity contribution in [2.24, 2.45) is 0 Å². The molecular formula is C18H23ClN2O3. The first-order chi connectivity index (χ1) is 11.1. The molecule has 3 N–H and O–H groups in total. The van der Waals surface area contributed by atoms with Gasteiger partial charge in [-0.3, -0.25) is 0 Å². The van der Waals surface area contributed by atoms with Crippen LogP contribution in [0, 0.1) is 0 Å². The van der Waals surface area contributed by atoms with Gasteiger partial charge in [-0.05, 0) is 31.5 Å². The van der Waals surface area contributed by atoms with Crippen LogP contribution in [0.15, 0.2) is 36.5 Å². The van der Waals surface area contributed by atoms with Gasteiger partial charge in [-0.25, -0.2) is 4.79 Å². The fourth-order valence-electron chi connectivity index (χ4n) is 3.03. The first kappa shape index (κ1) is 18.5. The average Bonchev–Trinajstić information content (AvgIpc) is 2.90. The van der Waals surface area contributed by atoms with Crippen LogP contribution < -0.4 is 5.32 Å². The molecule has 1 saturated heterocycles. The second kappa shape index (κ2) is 7.83. The standard InChI is InChI=1S/C17H19ClN2O3.CH4/c18-12-4-1-6-14-16(12)11(17(22)23)10-20(14)9-3-5-13-15(21)7-2-8-19-13;/h1,3-6,10,13,15,19,21H,2,7-9H2,(H,22,23);1H4/b5-3+;/t13-,15+;/m1./s1. The molecule has 1 aliphatic rings. The molecule has 0 aliphatic carbocycles. The summed E-state index contributed by atoms with van der Waals surface area (Å²) in [5.74, 6) is -0.991. The highest BCUT2D eigenvalue weighted by Gasteiger charge is 2.20. The Bertz CT molecular complexity index is 754. The highest BCUT2D eigenvalue weighted by molar-refractivity contribution is 6.36. The van der Waals surface area contributed by atoms with Crippen LogP contribution in [0.2, 0.25) is 5.02 Å². The summed E-state index contributed by atoms with van der Waals surface area (Å²) in [5, 5.41) is 23.5. The summed E-state index contributed by atoms with van der Waals surface area (Å²) in [6.45, 7) is 1.42. The average molecular weight is 351 g/mol. The normalized spacial score (nSPS) is 21.1. The molecule has 0 bridgehead atoms. The molecule has 2 heterocycles. The largest absolute Gasteiger partial charge is 0.478 e. The van der Waals surface area contributed by atoms with Gasteiger partial charge in [0.25, 0.3) is 0 Å². The molecule has 24 heavy (non-hydrogen) atoms. The zero-order chi connectivity index (χ0) is 16.4. The van der Waals surface area contributed by atoms with Crippen LogP contribution in [0.1, 0.15) is 30.6 Å². The van der Waals surface area contributed by atoms with Gasteiger partial charge >= 0.3 is 5.97 Å². The summed E-state index contributed by atoms with van der Waals surface area (Å²) in [7, 11) is 0. The maximum Gasteiger partial charge on any atom is 0.337 e. The maximum absolute atomic E-state index is 11.4. The van der Waals surface area contributed by atoms with Gasteiger partial charge in [-0.1, -0.05) is 37.2 Å². The number of piperidine rings is 1. The number of nitrogens with one attached hydrogen (secondary N) is 1. The summed E-state index contributed by atoms with van der Waals surface area (Å²) in [5.41, 5.74) is 0.992. The Hall–Kier alpha value is -1.82. The number of aromatic nitrogens is 1. The molecule has 2 atom stereocenters. The Kier molecular flexibility index (Phi) is 6.04. The predicted octanol–water partition coefficient (Wildman–Crippen LogP) is 3.30. The number of carboxylic acid groups (broad SMARTS) is 1. The van der Waals surface area contributed by atoms with Crippen LogP contribution in [0.3, 0.4) is 0 Å². The lowest BCUT2D eigenvalue weighted by atomic mass is 10.0. The Morgan fingerprint density at radius 3 is 2.96 bits per heavy atom. The Morgan fingerprint density at radius 2 is 2.25 bits per heavy atom. The molecule has 1 aromatic carbocycles. The van der Waals surface area contributed by atoms with E-state index in [0.29, 0.717) is 17.0 Å². The number of carbonyl (C=O) groups is 1. The third kappa shape index (κ3) is 3.64. The third-order valence-electron chi connectivity index (χ3n) is 4.20. The molecule has 130 valence electrons. The fraction of sp³-hybridized carbons (Fsp3) is 0.389. The van der Waals surface area contributed by atoms with Gasteiger partial charge in [-0.2, -0.15) is 0 Å². The zero-order valence-electron chi connectivity index (χ0n) is 12.6. The predicted molar refractivity (Wildman–Crippen MR) is 96.8 cm³/mol. The number of aliphatic hydroxyl groups excluding tert-OH is 1. The van der Waals surface area contributed by atoms with Gasteiger partial charge in [0.1, 0.15) is 0 Å². The maximum atomic E-state index is 11.4. The van der Waals surface area contributed by atoms with Crippen molar-refractivity contribution in [3.8, 4) is 0 Å². The van der Waals surface area contributed by atoms with Crippen LogP contribution in [-0.2, 0) is 6.54 Å². The second-order valence-corrected chi connectivity index (χ2v) is 6.16. The first-order valence-electron chi connectivity index (χ1n) is 7.66. The molecule has 5 nitrogen and oxygen atoms in total. The summed E-state index contributed by atoms with van der Waals surface area (Å²) >= 11 is 6.16. The first-order valence-corrected chi connectivity index (χ1v) is 8.04. The molecule has 1 fully saturated rings. The van der Waals surface area contributed by atoms with E-state index in [9.17, 15) is 15.0 Å². The van der Waals surface area contributed by atoms with Gasteiger partial charge in [0, 0.05) is 18.1 Å². The highest BCUT2D eigenvalue weighted by Crippen LogP contribution is 2.28. The van der Waals surface area contributed by atoms with E-state index in [2.05, 4.69) is 5.32 Å². The third-order valence-corrected chi connectivity index (χ3v) is 4.52. The van der Waals surface area contributed by atoms with E-state index in [1.54, 1.807) is 12.3 Å². The summed E-state index contributed by atoms with van der Waals surface area (Å²) in [4.78, 5) is 11.4. The second-order valence-electron chi connectivity index (χ2n) is 5.75. The van der Waals surface area contributed by atoms with Gasteiger partial charge in [0.2, 0.25) is 0 Å². The van der Waals surface area contributed by atoms with Crippen molar-refractivity contribution >= 4 is 28.5 Å². The number of benzene rings is 1. The van der Waals surface area contributed by atoms with Crippen LogP contribution in [0.4, 0.5) is 0 Å². The molecule has 0 unspecified atom stereocenters. The van der Waals surface area contributed by atoms with Crippen molar-refractivity contribution in [2.45, 2.75) is 39.0 Å². The number of aromatic carboxylic acids is 1. The molecule has 1 aromatic heterocycles. The fourth-order valence-corrected chi connectivity index (χ4v) is 3.31. The van der Waals surface area contributed by atoms with Crippen molar-refractivity contribution < 1.29 is 15.0 Å². The number of fused-ring (bicyclic) bond motifs is 1. The minimum atomic E-state index is -0.991. The quantitative estimate of drug-likeness (QED) is 0.740. The van der Waals surface area contributed by atoms with Crippen LogP contribution in [0.5, 0.6) is 0 Å². The smallest absolute Gasteiger partial charge is 0.337 e. The van der Waals surface area contributed by atoms with Crippen molar-refractivity contribution in [1.29, 1.82) is 0 Å². The van der Waals surface area contributed by atoms with E-state index >= 15 is 0 Å². The Labute approximate surface area is 146 Å². The number of halogens is 1. The molecule has 0 radical (unpaired) electrons. The monoisotopic (exact) mass is 350 g/mol. The van der Waals surface area contributed by atoms with Crippen LogP contribution in [-0.4, -0.2) is 39.4 Å². The van der Waals surface area contributed by atoms with Gasteiger partial charge in [0.15, 0.2) is 0 Å². The van der Waals surface area contributed by atoms with E-state index in [0.717, 1.165) is 24.9 Å². The molecule has 0 saturated carbocycles. The lowest BCUT2D eigenvalue weighted by Gasteiger charge is -2.26. The summed E-state index contributed by atoms with van der Waals surface area (Å²) in [6, 6.07) is 5.31. The number of nitrogens with zero attached hydrogens (tertiary/aromatic N) is 1. The zero-order valence-corrected chi connectivity index (χ0v) is 13.3. The van der Waals surface area contributed by atoms with E-state index in [1.807, 2.05) is 28.9 Å². The van der Waals surface area contributed by atoms with Gasteiger partial charge < -0.3 is 20.1 Å². The number of rotatable bonds is 4. The van der Waals surface area contributed by atoms with E-state index in [1.165, 1.54) is 0 Å². The summed E-state index contributed by atoms with van der Waals surface area (Å²) in [6.07, 6.45) is 6.90. The Morgan fingerprint density at radius 1 is 1.46 bits per heavy atom. The van der Waals surface area contributed by atoms with Crippen molar-refractivity contribution in [1.82, 2.24) is 9.88 Å². The molecule has 0 spiro atoms. The van der Waals surface area contributed by atoms with Crippen LogP contribution in [0.25, 0.3) is 10.9 Å². The molecule has 3 rings (SSSR count). The van der Waals surface area contributed by atoms with Crippen LogP contribution >= 0.6 is 11.6 Å². The van der Waals surface area contributed by atoms with Gasteiger partial charge in [0.05, 0.1) is 28.2 Å². The number of hydrogen-bond acceptors (Lipinski definition) is 3. The molecule has 2 aromatic rings. The minimum Gasteiger partial charge on any atom is -0.478 e. The van der Waals surface area contributed by atoms with E-state index < -0.39 is 5.97 Å². The van der Waals surface area contributed by atoms with Crippen molar-refractivity contribution in [2.75, 3.05) is 6.54 Å². The van der Waals surface area contributed by atoms with Gasteiger partial charge in [-0.15, -0.1) is 0 Å². The summed E-state index contributed by atoms with van der Waals surface area (Å²) < 4.78 is 1.86. The van der Waals surface area contributed by atoms with Crippen molar-refractivity contribution in [3.05, 3.63) is 47.1 Å². The van der Waals surface area contributed by atoms with Crippen molar-refractivity contribution in [3.63, 3.8) is 0 Å². The molecule has 6 heteroatoms. The SMILES string of the molecule is C.O=C(O)c1cn(C/C=C/[C@H]2NCCC[C@@H]2O)c2cccc(Cl)c12. The molecular weight excluding hydrogens is 328 g/mol.